The highest BCUT2D eigenvalue weighted by atomic mass is 16.5. The van der Waals surface area contributed by atoms with E-state index in [0.717, 1.165) is 54.4 Å². The Morgan fingerprint density at radius 3 is 2.16 bits per heavy atom. The average molecular weight is 507 g/mol. The van der Waals surface area contributed by atoms with Crippen molar-refractivity contribution in [3.63, 3.8) is 0 Å². The predicted octanol–water partition coefficient (Wildman–Crippen LogP) is 4.48. The molecule has 1 N–H and O–H groups in total. The van der Waals surface area contributed by atoms with Crippen molar-refractivity contribution in [2.45, 2.75) is 19.4 Å². The highest BCUT2D eigenvalue weighted by Crippen LogP contribution is 2.37. The molecule has 3 aromatic carbocycles. The minimum absolute atomic E-state index is 0.0521. The molecule has 0 atom stereocenters. The van der Waals surface area contributed by atoms with Crippen LogP contribution >= 0.6 is 0 Å². The third-order valence-corrected chi connectivity index (χ3v) is 6.37. The third kappa shape index (κ3) is 6.09. The maximum absolute atomic E-state index is 13.0. The molecule has 0 radical (unpaired) electrons. The van der Waals surface area contributed by atoms with E-state index in [1.807, 2.05) is 42.5 Å². The SMILES string of the molecule is COc1ccc(CCNCCCOc2ccc(N3Cc4cc(OC)c(OC)cc4C3=O)cc2)cc1OC. The first-order valence-electron chi connectivity index (χ1n) is 12.3. The molecule has 0 bridgehead atoms. The molecule has 0 fully saturated rings. The lowest BCUT2D eigenvalue weighted by molar-refractivity contribution is 0.0996. The van der Waals surface area contributed by atoms with Gasteiger partial charge in [0.2, 0.25) is 0 Å². The molecule has 1 aliphatic rings. The van der Waals surface area contributed by atoms with E-state index in [9.17, 15) is 4.79 Å². The van der Waals surface area contributed by atoms with Crippen LogP contribution in [-0.2, 0) is 13.0 Å². The molecular weight excluding hydrogens is 472 g/mol. The van der Waals surface area contributed by atoms with Crippen molar-refractivity contribution >= 4 is 11.6 Å². The van der Waals surface area contributed by atoms with Crippen LogP contribution in [0.15, 0.2) is 54.6 Å². The van der Waals surface area contributed by atoms with Gasteiger partial charge in [0.15, 0.2) is 23.0 Å². The summed E-state index contributed by atoms with van der Waals surface area (Å²) in [5, 5.41) is 3.45. The highest BCUT2D eigenvalue weighted by molar-refractivity contribution is 6.10. The molecule has 0 spiro atoms. The van der Waals surface area contributed by atoms with Gasteiger partial charge in [0.25, 0.3) is 5.91 Å². The molecule has 37 heavy (non-hydrogen) atoms. The topological polar surface area (TPSA) is 78.5 Å². The number of nitrogens with zero attached hydrogens (tertiary/aromatic N) is 1. The smallest absolute Gasteiger partial charge is 0.259 e. The molecule has 3 aromatic rings. The van der Waals surface area contributed by atoms with E-state index >= 15 is 0 Å². The molecular formula is C29H34N2O6. The lowest BCUT2D eigenvalue weighted by Crippen LogP contribution is -2.22. The van der Waals surface area contributed by atoms with Crippen LogP contribution in [0.3, 0.4) is 0 Å². The van der Waals surface area contributed by atoms with Gasteiger partial charge >= 0.3 is 0 Å². The first kappa shape index (κ1) is 26.2. The van der Waals surface area contributed by atoms with Crippen LogP contribution in [0.5, 0.6) is 28.7 Å². The summed E-state index contributed by atoms with van der Waals surface area (Å²) in [5.41, 5.74) is 3.57. The summed E-state index contributed by atoms with van der Waals surface area (Å²) < 4.78 is 27.3. The molecule has 8 nitrogen and oxygen atoms in total. The number of hydrogen-bond donors (Lipinski definition) is 1. The monoisotopic (exact) mass is 506 g/mol. The fourth-order valence-corrected chi connectivity index (χ4v) is 4.35. The van der Waals surface area contributed by atoms with Gasteiger partial charge in [-0.25, -0.2) is 0 Å². The van der Waals surface area contributed by atoms with Crippen molar-refractivity contribution < 1.29 is 28.5 Å². The van der Waals surface area contributed by atoms with Gasteiger partial charge in [0, 0.05) is 11.3 Å². The average Bonchev–Trinajstić information content (AvgIpc) is 3.26. The molecule has 1 aliphatic heterocycles. The largest absolute Gasteiger partial charge is 0.494 e. The third-order valence-electron chi connectivity index (χ3n) is 6.37. The Labute approximate surface area is 218 Å². The zero-order valence-corrected chi connectivity index (χ0v) is 21.8. The summed E-state index contributed by atoms with van der Waals surface area (Å²) in [5.74, 6) is 3.39. The van der Waals surface area contributed by atoms with E-state index in [1.54, 1.807) is 39.4 Å². The quantitative estimate of drug-likeness (QED) is 0.343. The number of anilines is 1. The van der Waals surface area contributed by atoms with E-state index in [-0.39, 0.29) is 5.91 Å². The van der Waals surface area contributed by atoms with Crippen LogP contribution in [0.2, 0.25) is 0 Å². The number of rotatable bonds is 13. The van der Waals surface area contributed by atoms with Crippen LogP contribution < -0.4 is 33.9 Å². The summed E-state index contributed by atoms with van der Waals surface area (Å²) >= 11 is 0. The number of nitrogens with one attached hydrogen (secondary N) is 1. The normalized spacial score (nSPS) is 12.3. The molecule has 4 rings (SSSR count). The molecule has 196 valence electrons. The molecule has 1 heterocycles. The molecule has 0 saturated heterocycles. The number of carbonyl (C=O) groups is 1. The lowest BCUT2D eigenvalue weighted by atomic mass is 10.1. The van der Waals surface area contributed by atoms with E-state index < -0.39 is 0 Å². The Morgan fingerprint density at radius 1 is 0.784 bits per heavy atom. The summed E-state index contributed by atoms with van der Waals surface area (Å²) in [4.78, 5) is 14.7. The van der Waals surface area contributed by atoms with Crippen molar-refractivity contribution in [2.75, 3.05) is 53.0 Å². The van der Waals surface area contributed by atoms with Crippen LogP contribution in [-0.4, -0.2) is 54.0 Å². The first-order valence-corrected chi connectivity index (χ1v) is 12.3. The van der Waals surface area contributed by atoms with Crippen LogP contribution in [0.4, 0.5) is 5.69 Å². The maximum Gasteiger partial charge on any atom is 0.259 e. The summed E-state index contributed by atoms with van der Waals surface area (Å²) in [6.45, 7) is 2.83. The van der Waals surface area contributed by atoms with Crippen LogP contribution in [0.25, 0.3) is 0 Å². The number of carbonyl (C=O) groups excluding carboxylic acids is 1. The highest BCUT2D eigenvalue weighted by Gasteiger charge is 2.30. The molecule has 0 saturated carbocycles. The van der Waals surface area contributed by atoms with Gasteiger partial charge in [0.1, 0.15) is 5.75 Å². The fourth-order valence-electron chi connectivity index (χ4n) is 4.35. The second kappa shape index (κ2) is 12.4. The number of amides is 1. The molecule has 0 aromatic heterocycles. The fraction of sp³-hybridized carbons (Fsp3) is 0.345. The van der Waals surface area contributed by atoms with E-state index in [0.29, 0.717) is 30.2 Å². The van der Waals surface area contributed by atoms with Crippen molar-refractivity contribution in [2.24, 2.45) is 0 Å². The van der Waals surface area contributed by atoms with Crippen LogP contribution in [0.1, 0.15) is 27.9 Å². The Balaban J connectivity index is 1.20. The number of methoxy groups -OCH3 is 4. The van der Waals surface area contributed by atoms with Crippen molar-refractivity contribution in [1.29, 1.82) is 0 Å². The Kier molecular flexibility index (Phi) is 8.74. The number of benzene rings is 3. The Hall–Kier alpha value is -3.91. The number of fused-ring (bicyclic) bond motifs is 1. The van der Waals surface area contributed by atoms with Gasteiger partial charge in [-0.15, -0.1) is 0 Å². The lowest BCUT2D eigenvalue weighted by Gasteiger charge is -2.16. The predicted molar refractivity (Wildman–Crippen MR) is 143 cm³/mol. The van der Waals surface area contributed by atoms with Gasteiger partial charge in [-0.05, 0) is 85.6 Å². The molecule has 0 unspecified atom stereocenters. The second-order valence-electron chi connectivity index (χ2n) is 8.64. The Morgan fingerprint density at radius 2 is 1.46 bits per heavy atom. The van der Waals surface area contributed by atoms with E-state index in [4.69, 9.17) is 23.7 Å². The van der Waals surface area contributed by atoms with Crippen molar-refractivity contribution in [3.8, 4) is 28.7 Å². The summed E-state index contributed by atoms with van der Waals surface area (Å²) in [6, 6.07) is 17.2. The number of ether oxygens (including phenoxy) is 5. The molecule has 1 amide bonds. The van der Waals surface area contributed by atoms with Gasteiger partial charge in [-0.1, -0.05) is 6.07 Å². The minimum Gasteiger partial charge on any atom is -0.494 e. The van der Waals surface area contributed by atoms with Gasteiger partial charge in [-0.2, -0.15) is 0 Å². The van der Waals surface area contributed by atoms with E-state index in [2.05, 4.69) is 11.4 Å². The van der Waals surface area contributed by atoms with Crippen molar-refractivity contribution in [1.82, 2.24) is 5.32 Å². The molecule has 0 aliphatic carbocycles. The van der Waals surface area contributed by atoms with Gasteiger partial charge in [0.05, 0.1) is 41.6 Å². The van der Waals surface area contributed by atoms with E-state index in [1.165, 1.54) is 5.56 Å². The standard InChI is InChI=1S/C29H34N2O6/c1-33-25-11-6-20(16-26(25)34-2)12-14-30-13-5-15-37-23-9-7-22(8-10-23)31-19-21-17-27(35-3)28(36-4)18-24(21)29(31)32/h6-11,16-18,30H,5,12-15,19H2,1-4H3. The number of hydrogen-bond acceptors (Lipinski definition) is 7. The summed E-state index contributed by atoms with van der Waals surface area (Å²) in [7, 11) is 6.44. The second-order valence-corrected chi connectivity index (χ2v) is 8.64. The van der Waals surface area contributed by atoms with Gasteiger partial charge < -0.3 is 33.9 Å². The van der Waals surface area contributed by atoms with Crippen molar-refractivity contribution in [3.05, 3.63) is 71.3 Å². The first-order chi connectivity index (χ1) is 18.1. The zero-order valence-electron chi connectivity index (χ0n) is 21.8. The summed E-state index contributed by atoms with van der Waals surface area (Å²) in [6.07, 6.45) is 1.79. The minimum atomic E-state index is -0.0521. The maximum atomic E-state index is 13.0. The molecule has 8 heteroatoms. The zero-order chi connectivity index (χ0) is 26.2. The van der Waals surface area contributed by atoms with Gasteiger partial charge in [-0.3, -0.25) is 4.79 Å². The van der Waals surface area contributed by atoms with Crippen LogP contribution in [0, 0.1) is 0 Å². The Bertz CT molecular complexity index is 1210.